The third kappa shape index (κ3) is 6.03. The Morgan fingerprint density at radius 3 is 1.56 bits per heavy atom. The molecule has 0 aliphatic carbocycles. The second-order valence-electron chi connectivity index (χ2n) is 10.2. The predicted octanol–water partition coefficient (Wildman–Crippen LogP) is 7.51. The molecule has 188 valence electrons. The van der Waals surface area contributed by atoms with Crippen LogP contribution in [0.5, 0.6) is 5.75 Å². The summed E-state index contributed by atoms with van der Waals surface area (Å²) < 4.78 is 34.5. The first-order valence-electron chi connectivity index (χ1n) is 11.3. The van der Waals surface area contributed by atoms with E-state index in [0.29, 0.717) is 18.6 Å². The van der Waals surface area contributed by atoms with Gasteiger partial charge in [0.1, 0.15) is 10.7 Å². The average Bonchev–Trinajstić information content (AvgIpc) is 2.66. The molecule has 1 rings (SSSR count). The van der Waals surface area contributed by atoms with E-state index in [0.717, 1.165) is 27.5 Å². The minimum Gasteiger partial charge on any atom is -0.507 e. The molecule has 0 bridgehead atoms. The molecule has 0 aliphatic rings. The van der Waals surface area contributed by atoms with Crippen molar-refractivity contribution in [1.82, 2.24) is 0 Å². The fourth-order valence-corrected chi connectivity index (χ4v) is 11.0. The molecule has 0 spiro atoms. The maximum Gasteiger partial charge on any atom is 0.327 e. The third-order valence-electron chi connectivity index (χ3n) is 6.37. The van der Waals surface area contributed by atoms with Crippen molar-refractivity contribution in [2.75, 3.05) is 11.5 Å². The molecule has 0 aromatic heterocycles. The van der Waals surface area contributed by atoms with Crippen LogP contribution >= 0.6 is 26.5 Å². The number of phenols is 1. The van der Waals surface area contributed by atoms with Crippen molar-refractivity contribution < 1.29 is 28.0 Å². The maximum absolute atomic E-state index is 12.6. The molecule has 2 N–H and O–H groups in total. The van der Waals surface area contributed by atoms with Gasteiger partial charge in [-0.2, -0.15) is 10.0 Å². The summed E-state index contributed by atoms with van der Waals surface area (Å²) in [6, 6.07) is 4.20. The lowest BCUT2D eigenvalue weighted by Crippen LogP contribution is -2.38. The topological polar surface area (TPSA) is 93.1 Å². The van der Waals surface area contributed by atoms with Gasteiger partial charge in [0, 0.05) is 11.1 Å². The van der Waals surface area contributed by atoms with Crippen LogP contribution in [0.25, 0.3) is 0 Å². The van der Waals surface area contributed by atoms with Crippen LogP contribution < -0.4 is 0 Å². The van der Waals surface area contributed by atoms with Crippen molar-refractivity contribution >= 4 is 26.5 Å². The largest absolute Gasteiger partial charge is 0.507 e. The van der Waals surface area contributed by atoms with Crippen molar-refractivity contribution in [3.8, 4) is 5.75 Å². The van der Waals surface area contributed by atoms with Crippen LogP contribution in [-0.4, -0.2) is 26.4 Å². The molecule has 0 heterocycles. The lowest BCUT2D eigenvalue weighted by Gasteiger charge is -2.54. The molecule has 2 atom stereocenters. The van der Waals surface area contributed by atoms with Gasteiger partial charge in [-0.1, -0.05) is 69.2 Å². The zero-order valence-corrected chi connectivity index (χ0v) is 24.2. The van der Waals surface area contributed by atoms with Crippen LogP contribution in [0.4, 0.5) is 0 Å². The van der Waals surface area contributed by atoms with Crippen molar-refractivity contribution in [2.24, 2.45) is 0 Å². The van der Waals surface area contributed by atoms with E-state index in [1.165, 1.54) is 0 Å². The van der Waals surface area contributed by atoms with Crippen molar-refractivity contribution in [3.05, 3.63) is 23.3 Å². The Kier molecular flexibility index (Phi) is 10.2. The van der Waals surface area contributed by atoms with E-state index in [1.807, 2.05) is 13.8 Å². The summed E-state index contributed by atoms with van der Waals surface area (Å²) in [5, 5.41) is 11.2. The zero-order valence-electron chi connectivity index (χ0n) is 21.4. The fraction of sp³-hybridized carbons (Fsp3) is 0.739. The Labute approximate surface area is 197 Å². The van der Waals surface area contributed by atoms with Crippen LogP contribution in [-0.2, 0) is 28.8 Å². The van der Waals surface area contributed by atoms with E-state index in [1.54, 1.807) is 0 Å². The maximum atomic E-state index is 12.6. The van der Waals surface area contributed by atoms with E-state index in [-0.39, 0.29) is 10.8 Å². The summed E-state index contributed by atoms with van der Waals surface area (Å²) in [5.41, 5.74) is 1.21. The lowest BCUT2D eigenvalue weighted by atomic mass is 9.79. The van der Waals surface area contributed by atoms with Gasteiger partial charge >= 0.3 is 16.5 Å². The summed E-state index contributed by atoms with van der Waals surface area (Å²) in [7, 11) is -8.25. The normalized spacial score (nSPS) is 16.1. The smallest absolute Gasteiger partial charge is 0.327 e. The van der Waals surface area contributed by atoms with Crippen molar-refractivity contribution in [3.63, 3.8) is 0 Å². The molecule has 0 saturated heterocycles. The quantitative estimate of drug-likeness (QED) is 0.316. The predicted molar refractivity (Wildman–Crippen MR) is 138 cm³/mol. The zero-order chi connectivity index (χ0) is 25.1. The minimum atomic E-state index is -3.37. The van der Waals surface area contributed by atoms with Gasteiger partial charge in [-0.05, 0) is 52.2 Å². The lowest BCUT2D eigenvalue weighted by molar-refractivity contribution is 0.144. The highest BCUT2D eigenvalue weighted by atomic mass is 32.3. The highest BCUT2D eigenvalue weighted by molar-refractivity contribution is 8.34. The van der Waals surface area contributed by atoms with E-state index in [2.05, 4.69) is 67.5 Å². The molecule has 9 heteroatoms. The van der Waals surface area contributed by atoms with E-state index < -0.39 is 31.5 Å². The highest BCUT2D eigenvalue weighted by Crippen LogP contribution is 2.70. The van der Waals surface area contributed by atoms with Crippen LogP contribution in [0.3, 0.4) is 0 Å². The minimum absolute atomic E-state index is 0.276. The van der Waals surface area contributed by atoms with Crippen LogP contribution in [0.1, 0.15) is 93.2 Å². The average molecular weight is 511 g/mol. The molecule has 0 amide bonds. The molecule has 2 unspecified atom stereocenters. The third-order valence-corrected chi connectivity index (χ3v) is 13.6. The van der Waals surface area contributed by atoms with Gasteiger partial charge in [0.2, 0.25) is 0 Å². The first-order chi connectivity index (χ1) is 14.5. The highest BCUT2D eigenvalue weighted by Gasteiger charge is 2.47. The van der Waals surface area contributed by atoms with Crippen LogP contribution in [0.15, 0.2) is 17.0 Å². The Hall–Kier alpha value is -0.290. The van der Waals surface area contributed by atoms with Crippen LogP contribution in [0, 0.1) is 0 Å². The van der Waals surface area contributed by atoms with Gasteiger partial charge in [-0.3, -0.25) is 13.7 Å². The van der Waals surface area contributed by atoms with Crippen molar-refractivity contribution in [1.29, 1.82) is 0 Å². The van der Waals surface area contributed by atoms with Crippen molar-refractivity contribution in [2.45, 2.75) is 103 Å². The van der Waals surface area contributed by atoms with Crippen LogP contribution in [0.2, 0.25) is 0 Å². The number of aromatic hydroxyl groups is 1. The monoisotopic (exact) mass is 510 g/mol. The Bertz CT molecular complexity index is 799. The summed E-state index contributed by atoms with van der Waals surface area (Å²) in [6.45, 7) is 20.8. The summed E-state index contributed by atoms with van der Waals surface area (Å²) in [4.78, 5) is 9.45. The van der Waals surface area contributed by atoms with E-state index in [4.69, 9.17) is 13.7 Å². The first-order valence-corrected chi connectivity index (χ1v) is 15.8. The SMILES string of the molecule is CCC(CC)(O[PH](=O)O[PH](=O)O)S(CC)(CC)c1cc(C(C)(C)C)c(O)c(C(C)(C)C)c1. The molecule has 1 aromatic rings. The molecule has 0 aliphatic heterocycles. The molecule has 0 fully saturated rings. The van der Waals surface area contributed by atoms with Gasteiger partial charge in [0.05, 0.1) is 0 Å². The molecule has 32 heavy (non-hydrogen) atoms. The second kappa shape index (κ2) is 11.0. The molecule has 1 aromatic carbocycles. The van der Waals surface area contributed by atoms with Gasteiger partial charge in [0.25, 0.3) is 0 Å². The first kappa shape index (κ1) is 29.7. The fourth-order valence-electron chi connectivity index (χ4n) is 4.53. The molecule has 0 radical (unpaired) electrons. The molecule has 0 saturated carbocycles. The van der Waals surface area contributed by atoms with E-state index in [9.17, 15) is 14.2 Å². The van der Waals surface area contributed by atoms with Gasteiger partial charge in [0.15, 0.2) is 0 Å². The summed E-state index contributed by atoms with van der Waals surface area (Å²) >= 11 is 0. The number of rotatable bonds is 10. The number of hydrogen-bond acceptors (Lipinski definition) is 5. The van der Waals surface area contributed by atoms with Gasteiger partial charge in [-0.25, -0.2) is 4.31 Å². The number of phenolic OH excluding ortho intramolecular Hbond substituents is 1. The van der Waals surface area contributed by atoms with Gasteiger partial charge < -0.3 is 10.00 Å². The Balaban J connectivity index is 3.97. The van der Waals surface area contributed by atoms with E-state index >= 15 is 0 Å². The number of hydrogen-bond donors (Lipinski definition) is 2. The van der Waals surface area contributed by atoms with Gasteiger partial charge in [-0.15, -0.1) is 0 Å². The standard InChI is InChI=1S/C23H44O6P2S/c1-11-23(12-2,28-31(27)29-30(25)26)32(13-3,14-4)17-15-18(21(5,6)7)20(24)19(16-17)22(8,9)10/h15-16,24,30-31H,11-14H2,1-10H3,(H,25,26). The summed E-state index contributed by atoms with van der Waals surface area (Å²) in [6.07, 6.45) is 1.17. The molecule has 6 nitrogen and oxygen atoms in total. The molecular weight excluding hydrogens is 466 g/mol. The number of benzene rings is 1. The summed E-state index contributed by atoms with van der Waals surface area (Å²) in [5.74, 6) is 1.89. The Morgan fingerprint density at radius 2 is 1.28 bits per heavy atom. The molecular formula is C23H44O6P2S. The Morgan fingerprint density at radius 1 is 0.875 bits per heavy atom. The second-order valence-corrected chi connectivity index (χ2v) is 16.4.